The van der Waals surface area contributed by atoms with Gasteiger partial charge in [-0.1, -0.05) is 13.8 Å². The van der Waals surface area contributed by atoms with E-state index in [-0.39, 0.29) is 30.3 Å². The van der Waals surface area contributed by atoms with Gasteiger partial charge >= 0.3 is 6.18 Å². The summed E-state index contributed by atoms with van der Waals surface area (Å²) < 4.78 is 88.7. The van der Waals surface area contributed by atoms with Crippen molar-refractivity contribution in [2.24, 2.45) is 5.73 Å². The highest BCUT2D eigenvalue weighted by atomic mass is 32.2. The maximum atomic E-state index is 14.2. The maximum Gasteiger partial charge on any atom is 0.416 e. The van der Waals surface area contributed by atoms with Crippen molar-refractivity contribution >= 4 is 11.0 Å². The molecule has 12 heteroatoms. The number of halogens is 5. The summed E-state index contributed by atoms with van der Waals surface area (Å²) in [6.45, 7) is 4.32. The van der Waals surface area contributed by atoms with E-state index >= 15 is 0 Å². The minimum Gasteiger partial charge on any atom is -0.357 e. The van der Waals surface area contributed by atoms with Crippen LogP contribution in [0, 0.1) is 11.6 Å². The Labute approximate surface area is 196 Å². The second-order valence-electron chi connectivity index (χ2n) is 8.54. The summed E-state index contributed by atoms with van der Waals surface area (Å²) in [5.41, 5.74) is 7.08. The van der Waals surface area contributed by atoms with Crippen LogP contribution < -0.4 is 5.73 Å². The fraction of sp³-hybridized carbons (Fsp3) is 0.591. The Balaban J connectivity index is 0.00000133. The quantitative estimate of drug-likeness (QED) is 0.636. The van der Waals surface area contributed by atoms with Gasteiger partial charge in [0.1, 0.15) is 28.7 Å². The SMILES string of the molecule is CC.NC1CC(N2Cc3cn(S(=O)C4CC4)nc3C2)C(C(F)(F)F)O[C@@H]1c1cc(F)ccc1F. The van der Waals surface area contributed by atoms with Crippen LogP contribution in [0.15, 0.2) is 24.4 Å². The van der Waals surface area contributed by atoms with E-state index in [0.717, 1.165) is 31.0 Å². The van der Waals surface area contributed by atoms with Gasteiger partial charge < -0.3 is 10.5 Å². The van der Waals surface area contributed by atoms with E-state index in [1.54, 1.807) is 11.1 Å². The number of nitrogens with zero attached hydrogens (tertiary/aromatic N) is 3. The lowest BCUT2D eigenvalue weighted by Crippen LogP contribution is -2.58. The van der Waals surface area contributed by atoms with Crippen LogP contribution in [-0.4, -0.2) is 47.9 Å². The Hall–Kier alpha value is -1.89. The number of ether oxygens (including phenoxy) is 1. The molecule has 4 unspecified atom stereocenters. The Morgan fingerprint density at radius 3 is 2.50 bits per heavy atom. The van der Waals surface area contributed by atoms with Gasteiger partial charge in [0.2, 0.25) is 0 Å². The molecule has 6 nitrogen and oxygen atoms in total. The molecule has 2 N–H and O–H groups in total. The molecule has 1 saturated heterocycles. The number of hydrogen-bond acceptors (Lipinski definition) is 5. The van der Waals surface area contributed by atoms with Crippen molar-refractivity contribution in [2.45, 2.75) is 81.9 Å². The molecular weight excluding hydrogens is 479 g/mol. The Kier molecular flexibility index (Phi) is 7.14. The smallest absolute Gasteiger partial charge is 0.357 e. The number of rotatable bonds is 4. The Morgan fingerprint density at radius 2 is 1.88 bits per heavy atom. The van der Waals surface area contributed by atoms with E-state index in [0.29, 0.717) is 11.3 Å². The fourth-order valence-electron chi connectivity index (χ4n) is 4.45. The van der Waals surface area contributed by atoms with Crippen LogP contribution in [-0.2, 0) is 28.8 Å². The number of hydrogen-bond donors (Lipinski definition) is 1. The third-order valence-electron chi connectivity index (χ3n) is 6.18. The molecule has 5 atom stereocenters. The molecule has 3 heterocycles. The van der Waals surface area contributed by atoms with E-state index in [9.17, 15) is 26.2 Å². The van der Waals surface area contributed by atoms with Crippen molar-refractivity contribution < 1.29 is 30.9 Å². The largest absolute Gasteiger partial charge is 0.416 e. The van der Waals surface area contributed by atoms with E-state index in [2.05, 4.69) is 5.10 Å². The molecule has 2 fully saturated rings. The molecule has 0 amide bonds. The highest BCUT2D eigenvalue weighted by molar-refractivity contribution is 7.84. The Morgan fingerprint density at radius 1 is 1.18 bits per heavy atom. The summed E-state index contributed by atoms with van der Waals surface area (Å²) in [6, 6.07) is 0.467. The summed E-state index contributed by atoms with van der Waals surface area (Å²) in [7, 11) is -1.26. The van der Waals surface area contributed by atoms with E-state index in [1.807, 2.05) is 13.8 Å². The summed E-state index contributed by atoms with van der Waals surface area (Å²) >= 11 is 0. The van der Waals surface area contributed by atoms with Crippen molar-refractivity contribution in [3.63, 3.8) is 0 Å². The predicted octanol–water partition coefficient (Wildman–Crippen LogP) is 3.97. The van der Waals surface area contributed by atoms with Crippen LogP contribution in [0.1, 0.15) is 56.0 Å². The first-order chi connectivity index (χ1) is 16.1. The van der Waals surface area contributed by atoms with Gasteiger partial charge in [-0.05, 0) is 37.5 Å². The zero-order valence-corrected chi connectivity index (χ0v) is 19.6. The summed E-state index contributed by atoms with van der Waals surface area (Å²) in [6.07, 6.45) is -5.14. The fourth-order valence-corrected chi connectivity index (χ4v) is 5.70. The van der Waals surface area contributed by atoms with Crippen molar-refractivity contribution in [3.05, 3.63) is 52.9 Å². The lowest BCUT2D eigenvalue weighted by atomic mass is 9.89. The summed E-state index contributed by atoms with van der Waals surface area (Å²) in [5, 5.41) is 4.41. The molecule has 3 aliphatic rings. The topological polar surface area (TPSA) is 73.4 Å². The molecule has 2 aliphatic heterocycles. The molecule has 0 bridgehead atoms. The van der Waals surface area contributed by atoms with Gasteiger partial charge in [0.15, 0.2) is 6.10 Å². The van der Waals surface area contributed by atoms with E-state index in [4.69, 9.17) is 10.5 Å². The second kappa shape index (κ2) is 9.63. The minimum atomic E-state index is -4.74. The monoisotopic (exact) mass is 506 g/mol. The van der Waals surface area contributed by atoms with Crippen molar-refractivity contribution in [1.82, 2.24) is 14.1 Å². The molecule has 188 valence electrons. The highest BCUT2D eigenvalue weighted by Crippen LogP contribution is 2.42. The molecule has 5 rings (SSSR count). The molecule has 1 aromatic heterocycles. The molecule has 34 heavy (non-hydrogen) atoms. The number of alkyl halides is 3. The third kappa shape index (κ3) is 4.91. The average Bonchev–Trinajstić information content (AvgIpc) is 3.45. The molecule has 0 spiro atoms. The van der Waals surface area contributed by atoms with Gasteiger partial charge in [-0.3, -0.25) is 4.90 Å². The average molecular weight is 507 g/mol. The van der Waals surface area contributed by atoms with E-state index < -0.39 is 53.1 Å². The minimum absolute atomic E-state index is 0.0886. The van der Waals surface area contributed by atoms with Gasteiger partial charge in [-0.25, -0.2) is 13.0 Å². The normalized spacial score (nSPS) is 28.2. The van der Waals surface area contributed by atoms with Crippen LogP contribution in [0.4, 0.5) is 22.0 Å². The zero-order chi connectivity index (χ0) is 24.8. The number of nitrogens with two attached hydrogens (primary N) is 1. The van der Waals surface area contributed by atoms with E-state index in [1.165, 1.54) is 4.09 Å². The predicted molar refractivity (Wildman–Crippen MR) is 116 cm³/mol. The zero-order valence-electron chi connectivity index (χ0n) is 18.8. The molecule has 0 radical (unpaired) electrons. The standard InChI is InChI=1S/C20H21F5N4O2S.C2H6/c21-11-1-4-14(22)13(5-11)18-15(26)6-17(19(31-18)20(23,24)25)28-7-10-8-29(27-16(10)9-28)32(30)12-2-3-12;1-2/h1,4-5,8,12,15,17-19H,2-3,6-7,9,26H2;1-2H3/t15?,17?,18-,19?,32?;/m1./s1. The molecule has 1 saturated carbocycles. The van der Waals surface area contributed by atoms with Gasteiger partial charge in [0.05, 0.1) is 10.9 Å². The van der Waals surface area contributed by atoms with Gasteiger partial charge in [0, 0.05) is 42.5 Å². The molecule has 1 aromatic carbocycles. The summed E-state index contributed by atoms with van der Waals surface area (Å²) in [5.74, 6) is -1.65. The Bertz CT molecular complexity index is 1030. The highest BCUT2D eigenvalue weighted by Gasteiger charge is 2.54. The van der Waals surface area contributed by atoms with Crippen LogP contribution >= 0.6 is 0 Å². The number of benzene rings is 1. The van der Waals surface area contributed by atoms with Crippen LogP contribution in [0.25, 0.3) is 0 Å². The lowest BCUT2D eigenvalue weighted by molar-refractivity contribution is -0.269. The second-order valence-corrected chi connectivity index (χ2v) is 10.1. The lowest BCUT2D eigenvalue weighted by Gasteiger charge is -2.44. The molecule has 2 aromatic rings. The van der Waals surface area contributed by atoms with Crippen molar-refractivity contribution in [1.29, 1.82) is 0 Å². The molecular formula is C22H27F5N4O2S. The first-order valence-electron chi connectivity index (χ1n) is 11.3. The third-order valence-corrected chi connectivity index (χ3v) is 7.78. The van der Waals surface area contributed by atoms with Crippen molar-refractivity contribution in [3.8, 4) is 0 Å². The van der Waals surface area contributed by atoms with Crippen LogP contribution in [0.2, 0.25) is 0 Å². The van der Waals surface area contributed by atoms with Gasteiger partial charge in [-0.15, -0.1) is 0 Å². The number of aromatic nitrogens is 2. The maximum absolute atomic E-state index is 14.2. The summed E-state index contributed by atoms with van der Waals surface area (Å²) in [4.78, 5) is 1.58. The van der Waals surface area contributed by atoms with Crippen molar-refractivity contribution in [2.75, 3.05) is 0 Å². The first kappa shape index (κ1) is 25.2. The van der Waals surface area contributed by atoms with Crippen LogP contribution in [0.3, 0.4) is 0 Å². The van der Waals surface area contributed by atoms with Gasteiger partial charge in [0.25, 0.3) is 0 Å². The number of fused-ring (bicyclic) bond motifs is 1. The molecule has 1 aliphatic carbocycles. The van der Waals surface area contributed by atoms with Gasteiger partial charge in [-0.2, -0.15) is 22.4 Å². The first-order valence-corrected chi connectivity index (χ1v) is 12.4. The van der Waals surface area contributed by atoms with Crippen LogP contribution in [0.5, 0.6) is 0 Å².